The number of fused-ring (bicyclic) bond motifs is 3. The lowest BCUT2D eigenvalue weighted by Crippen LogP contribution is -2.06. The molecule has 0 bridgehead atoms. The van der Waals surface area contributed by atoms with Gasteiger partial charge in [-0.3, -0.25) is 9.78 Å². The van der Waals surface area contributed by atoms with E-state index in [0.717, 1.165) is 46.5 Å². The van der Waals surface area contributed by atoms with E-state index in [1.807, 2.05) is 24.3 Å². The molecule has 1 N–H and O–H groups in total. The topological polar surface area (TPSA) is 85.7 Å². The minimum atomic E-state index is -0.826. The van der Waals surface area contributed by atoms with Crippen molar-refractivity contribution in [2.75, 3.05) is 12.9 Å². The standard InChI is InChI=1S/C30H29NO5S/c1-35-30(34)21-9-12-24-22(17-21)18-36-27-13-7-19(16-25(27)29(24)37-15-14-28(32)33)6-10-23-11-8-20-4-2-3-5-26(20)31-23/h6-13,16-17,29H,2-5,14-15,18H2,1H3,(H,32,33). The normalized spacial score (nSPS) is 16.2. The van der Waals surface area contributed by atoms with E-state index in [4.69, 9.17) is 14.5 Å². The number of esters is 1. The van der Waals surface area contributed by atoms with Crippen LogP contribution in [0.5, 0.6) is 5.75 Å². The Bertz CT molecular complexity index is 1370. The summed E-state index contributed by atoms with van der Waals surface area (Å²) in [6.45, 7) is 0.317. The van der Waals surface area contributed by atoms with Crippen LogP contribution in [0.15, 0.2) is 48.5 Å². The molecule has 0 saturated heterocycles. The molecule has 1 unspecified atom stereocenters. The van der Waals surface area contributed by atoms with Crippen molar-refractivity contribution in [3.05, 3.63) is 93.3 Å². The molecule has 2 aromatic carbocycles. The molecule has 2 heterocycles. The highest BCUT2D eigenvalue weighted by molar-refractivity contribution is 7.99. The van der Waals surface area contributed by atoms with Gasteiger partial charge in [0.1, 0.15) is 12.4 Å². The second-order valence-corrected chi connectivity index (χ2v) is 10.5. The zero-order valence-electron chi connectivity index (χ0n) is 20.7. The zero-order valence-corrected chi connectivity index (χ0v) is 21.6. The van der Waals surface area contributed by atoms with Gasteiger partial charge in [-0.2, -0.15) is 0 Å². The molecule has 1 aromatic heterocycles. The largest absolute Gasteiger partial charge is 0.489 e. The van der Waals surface area contributed by atoms with Gasteiger partial charge in [0.2, 0.25) is 0 Å². The van der Waals surface area contributed by atoms with E-state index in [1.165, 1.54) is 31.2 Å². The predicted octanol–water partition coefficient (Wildman–Crippen LogP) is 6.11. The lowest BCUT2D eigenvalue weighted by Gasteiger charge is -2.19. The van der Waals surface area contributed by atoms with Crippen LogP contribution < -0.4 is 4.74 Å². The van der Waals surface area contributed by atoms with Crippen molar-refractivity contribution in [2.24, 2.45) is 0 Å². The molecule has 0 amide bonds. The molecule has 1 aliphatic carbocycles. The number of thioether (sulfide) groups is 1. The van der Waals surface area contributed by atoms with Gasteiger partial charge in [-0.25, -0.2) is 4.79 Å². The highest BCUT2D eigenvalue weighted by Gasteiger charge is 2.26. The van der Waals surface area contributed by atoms with Crippen LogP contribution in [-0.2, 0) is 29.0 Å². The molecule has 7 heteroatoms. The van der Waals surface area contributed by atoms with Crippen molar-refractivity contribution in [1.82, 2.24) is 4.98 Å². The molecule has 190 valence electrons. The fourth-order valence-electron chi connectivity index (χ4n) is 4.88. The van der Waals surface area contributed by atoms with E-state index >= 15 is 0 Å². The summed E-state index contributed by atoms with van der Waals surface area (Å²) in [6.07, 6.45) is 8.75. The van der Waals surface area contributed by atoms with Crippen LogP contribution in [0.1, 0.15) is 74.1 Å². The first-order valence-electron chi connectivity index (χ1n) is 12.5. The molecule has 37 heavy (non-hydrogen) atoms. The third-order valence-electron chi connectivity index (χ3n) is 6.79. The number of hydrogen-bond donors (Lipinski definition) is 1. The van der Waals surface area contributed by atoms with E-state index < -0.39 is 11.9 Å². The van der Waals surface area contributed by atoms with Crippen molar-refractivity contribution < 1.29 is 24.2 Å². The summed E-state index contributed by atoms with van der Waals surface area (Å²) >= 11 is 1.57. The molecule has 1 aliphatic heterocycles. The molecule has 2 aliphatic rings. The first-order chi connectivity index (χ1) is 18.0. The zero-order chi connectivity index (χ0) is 25.8. The Kier molecular flexibility index (Phi) is 7.60. The predicted molar refractivity (Wildman–Crippen MR) is 145 cm³/mol. The number of aromatic nitrogens is 1. The number of nitrogens with zero attached hydrogens (tertiary/aromatic N) is 1. The maximum atomic E-state index is 12.1. The Morgan fingerprint density at radius 3 is 2.76 bits per heavy atom. The number of carbonyl (C=O) groups excluding carboxylic acids is 1. The van der Waals surface area contributed by atoms with Crippen molar-refractivity contribution in [1.29, 1.82) is 0 Å². The van der Waals surface area contributed by atoms with E-state index in [2.05, 4.69) is 24.3 Å². The van der Waals surface area contributed by atoms with Crippen LogP contribution in [-0.4, -0.2) is 34.9 Å². The number of aliphatic carboxylic acids is 1. The summed E-state index contributed by atoms with van der Waals surface area (Å²) in [7, 11) is 1.36. The highest BCUT2D eigenvalue weighted by Crippen LogP contribution is 2.45. The number of ether oxygens (including phenoxy) is 2. The van der Waals surface area contributed by atoms with Gasteiger partial charge in [-0.1, -0.05) is 24.3 Å². The van der Waals surface area contributed by atoms with Crippen LogP contribution in [0.3, 0.4) is 0 Å². The Labute approximate surface area is 220 Å². The van der Waals surface area contributed by atoms with Gasteiger partial charge in [0.25, 0.3) is 0 Å². The van der Waals surface area contributed by atoms with Crippen LogP contribution in [0.25, 0.3) is 12.2 Å². The van der Waals surface area contributed by atoms with Crippen LogP contribution in [0, 0.1) is 0 Å². The van der Waals surface area contributed by atoms with Gasteiger partial charge in [-0.05, 0) is 84.3 Å². The number of hydrogen-bond acceptors (Lipinski definition) is 6. The third-order valence-corrected chi connectivity index (χ3v) is 8.07. The SMILES string of the molecule is COC(=O)c1ccc2c(c1)COc1ccc(C=Cc3ccc4c(n3)CCCC4)cc1C2SCCC(=O)O. The highest BCUT2D eigenvalue weighted by atomic mass is 32.2. The average molecular weight is 516 g/mol. The van der Waals surface area contributed by atoms with Crippen LogP contribution in [0.2, 0.25) is 0 Å². The number of carboxylic acid groups (broad SMARTS) is 1. The fourth-order valence-corrected chi connectivity index (χ4v) is 6.18. The van der Waals surface area contributed by atoms with Gasteiger partial charge >= 0.3 is 11.9 Å². The Morgan fingerprint density at radius 2 is 1.92 bits per heavy atom. The quantitative estimate of drug-likeness (QED) is 0.380. The Hall–Kier alpha value is -3.58. The first kappa shape index (κ1) is 25.1. The summed E-state index contributed by atoms with van der Waals surface area (Å²) in [6, 6.07) is 15.8. The van der Waals surface area contributed by atoms with E-state index in [0.29, 0.717) is 17.9 Å². The van der Waals surface area contributed by atoms with E-state index in [1.54, 1.807) is 23.9 Å². The summed E-state index contributed by atoms with van der Waals surface area (Å²) in [4.78, 5) is 28.2. The molecule has 0 radical (unpaired) electrons. The Balaban J connectivity index is 1.47. The number of methoxy groups -OCH3 is 1. The number of benzene rings is 2. The summed E-state index contributed by atoms with van der Waals surface area (Å²) in [5, 5.41) is 9.07. The molecule has 1 atom stereocenters. The molecular weight excluding hydrogens is 486 g/mol. The van der Waals surface area contributed by atoms with Crippen molar-refractivity contribution in [3.63, 3.8) is 0 Å². The maximum absolute atomic E-state index is 12.1. The van der Waals surface area contributed by atoms with Gasteiger partial charge < -0.3 is 14.6 Å². The summed E-state index contributed by atoms with van der Waals surface area (Å²) < 4.78 is 11.0. The number of pyridine rings is 1. The van der Waals surface area contributed by atoms with E-state index in [-0.39, 0.29) is 11.7 Å². The number of carboxylic acids is 1. The second kappa shape index (κ2) is 11.2. The second-order valence-electron chi connectivity index (χ2n) is 9.27. The first-order valence-corrected chi connectivity index (χ1v) is 13.5. The molecule has 6 nitrogen and oxygen atoms in total. The van der Waals surface area contributed by atoms with Gasteiger partial charge in [-0.15, -0.1) is 11.8 Å². The molecule has 3 aromatic rings. The summed E-state index contributed by atoms with van der Waals surface area (Å²) in [5.74, 6) is -0.0137. The van der Waals surface area contributed by atoms with Gasteiger partial charge in [0.05, 0.1) is 30.0 Å². The van der Waals surface area contributed by atoms with Gasteiger partial charge in [0, 0.05) is 17.0 Å². The molecule has 0 fully saturated rings. The number of rotatable bonds is 7. The maximum Gasteiger partial charge on any atom is 0.337 e. The number of carbonyl (C=O) groups is 2. The van der Waals surface area contributed by atoms with Crippen LogP contribution >= 0.6 is 11.8 Å². The summed E-state index contributed by atoms with van der Waals surface area (Å²) in [5.41, 5.74) is 7.89. The molecule has 0 saturated carbocycles. The molecular formula is C30H29NO5S. The lowest BCUT2D eigenvalue weighted by atomic mass is 9.95. The van der Waals surface area contributed by atoms with Crippen molar-refractivity contribution in [3.8, 4) is 5.75 Å². The smallest absolute Gasteiger partial charge is 0.337 e. The molecule has 5 rings (SSSR count). The monoisotopic (exact) mass is 515 g/mol. The third kappa shape index (κ3) is 5.72. The lowest BCUT2D eigenvalue weighted by molar-refractivity contribution is -0.136. The van der Waals surface area contributed by atoms with E-state index in [9.17, 15) is 14.7 Å². The van der Waals surface area contributed by atoms with Crippen molar-refractivity contribution >= 4 is 35.9 Å². The van der Waals surface area contributed by atoms with Crippen molar-refractivity contribution in [2.45, 2.75) is 44.0 Å². The van der Waals surface area contributed by atoms with Gasteiger partial charge in [0.15, 0.2) is 0 Å². The molecule has 0 spiro atoms. The Morgan fingerprint density at radius 1 is 1.05 bits per heavy atom. The fraction of sp³-hybridized carbons (Fsp3) is 0.300. The minimum absolute atomic E-state index is 0.0660. The van der Waals surface area contributed by atoms with Crippen LogP contribution in [0.4, 0.5) is 0 Å². The average Bonchev–Trinajstić information content (AvgIpc) is 3.07. The minimum Gasteiger partial charge on any atom is -0.489 e. The number of aryl methyl sites for hydroxylation is 2.